The number of nitrogens with zero attached hydrogens (tertiary/aromatic N) is 1. The fourth-order valence-electron chi connectivity index (χ4n) is 2.35. The number of hydrogen-bond acceptors (Lipinski definition) is 3. The first kappa shape index (κ1) is 17.4. The number of unbranched alkanes of at least 4 members (excludes halogenated alkanes) is 2. The quantitative estimate of drug-likeness (QED) is 0.623. The molecule has 0 saturated heterocycles. The Morgan fingerprint density at radius 2 is 1.89 bits per heavy atom. The zero-order valence-corrected chi connectivity index (χ0v) is 12.6. The molecular formula is C14H30N2O2. The van der Waals surface area contributed by atoms with Crippen molar-refractivity contribution in [2.45, 2.75) is 77.9 Å². The second kappa shape index (κ2) is 7.74. The number of nitrogens with two attached hydrogens (primary N) is 1. The minimum Gasteiger partial charge on any atom is -0.480 e. The van der Waals surface area contributed by atoms with Crippen molar-refractivity contribution in [1.29, 1.82) is 0 Å². The van der Waals surface area contributed by atoms with Crippen LogP contribution in [0.5, 0.6) is 0 Å². The molecule has 2 unspecified atom stereocenters. The molecule has 0 aromatic heterocycles. The van der Waals surface area contributed by atoms with E-state index in [2.05, 4.69) is 32.6 Å². The normalized spacial score (nSPS) is 16.9. The maximum atomic E-state index is 11.1. The van der Waals surface area contributed by atoms with Gasteiger partial charge in [-0.25, -0.2) is 0 Å². The molecular weight excluding hydrogens is 228 g/mol. The molecule has 3 N–H and O–H groups in total. The number of carboxylic acid groups (broad SMARTS) is 1. The third-order valence-electron chi connectivity index (χ3n) is 3.46. The summed E-state index contributed by atoms with van der Waals surface area (Å²) in [5.41, 5.74) is 4.69. The van der Waals surface area contributed by atoms with E-state index in [0.717, 1.165) is 13.0 Å². The van der Waals surface area contributed by atoms with Gasteiger partial charge >= 0.3 is 5.97 Å². The van der Waals surface area contributed by atoms with Crippen molar-refractivity contribution in [2.24, 2.45) is 5.73 Å². The lowest BCUT2D eigenvalue weighted by Crippen LogP contribution is -2.51. The molecule has 0 aromatic rings. The van der Waals surface area contributed by atoms with Gasteiger partial charge in [-0.05, 0) is 47.1 Å². The first-order chi connectivity index (χ1) is 8.22. The molecule has 18 heavy (non-hydrogen) atoms. The van der Waals surface area contributed by atoms with Gasteiger partial charge in [-0.1, -0.05) is 19.8 Å². The Kier molecular flexibility index (Phi) is 7.48. The number of aliphatic carboxylic acids is 1. The van der Waals surface area contributed by atoms with E-state index in [4.69, 9.17) is 10.8 Å². The highest BCUT2D eigenvalue weighted by molar-refractivity contribution is 5.77. The summed E-state index contributed by atoms with van der Waals surface area (Å²) < 4.78 is 0. The molecule has 4 heteroatoms. The van der Waals surface area contributed by atoms with E-state index in [-0.39, 0.29) is 6.04 Å². The van der Waals surface area contributed by atoms with Gasteiger partial charge < -0.3 is 10.8 Å². The van der Waals surface area contributed by atoms with Crippen molar-refractivity contribution in [3.8, 4) is 0 Å². The highest BCUT2D eigenvalue weighted by atomic mass is 16.4. The van der Waals surface area contributed by atoms with Crippen LogP contribution in [0.3, 0.4) is 0 Å². The van der Waals surface area contributed by atoms with E-state index >= 15 is 0 Å². The van der Waals surface area contributed by atoms with Gasteiger partial charge in [-0.15, -0.1) is 0 Å². The van der Waals surface area contributed by atoms with Crippen molar-refractivity contribution >= 4 is 5.97 Å². The highest BCUT2D eigenvalue weighted by Gasteiger charge is 2.32. The molecule has 0 fully saturated rings. The van der Waals surface area contributed by atoms with Crippen molar-refractivity contribution in [2.75, 3.05) is 6.54 Å². The van der Waals surface area contributed by atoms with Gasteiger partial charge in [-0.3, -0.25) is 9.69 Å². The number of rotatable bonds is 9. The summed E-state index contributed by atoms with van der Waals surface area (Å²) in [4.78, 5) is 13.4. The van der Waals surface area contributed by atoms with E-state index in [1.54, 1.807) is 6.92 Å². The topological polar surface area (TPSA) is 66.6 Å². The third kappa shape index (κ3) is 5.83. The van der Waals surface area contributed by atoms with Crippen LogP contribution in [0.1, 0.15) is 60.3 Å². The molecule has 0 heterocycles. The number of hydrogen-bond donors (Lipinski definition) is 2. The van der Waals surface area contributed by atoms with Crippen molar-refractivity contribution in [3.05, 3.63) is 0 Å². The minimum atomic E-state index is -1.14. The Balaban J connectivity index is 4.47. The van der Waals surface area contributed by atoms with E-state index < -0.39 is 11.5 Å². The fourth-order valence-corrected chi connectivity index (χ4v) is 2.35. The van der Waals surface area contributed by atoms with Gasteiger partial charge in [0.25, 0.3) is 0 Å². The molecule has 0 saturated carbocycles. The maximum absolute atomic E-state index is 11.1. The second-order valence-electron chi connectivity index (χ2n) is 5.81. The van der Waals surface area contributed by atoms with Crippen LogP contribution in [-0.2, 0) is 4.79 Å². The molecule has 0 amide bonds. The molecule has 0 spiro atoms. The van der Waals surface area contributed by atoms with Crippen molar-refractivity contribution in [3.63, 3.8) is 0 Å². The standard InChI is InChI=1S/C14H30N2O2/c1-6-7-8-9-16(11(2)3)12(4)10-14(5,15)13(17)18/h11-12H,6-10,15H2,1-5H3,(H,17,18). The number of carbonyl (C=O) groups is 1. The SMILES string of the molecule is CCCCCN(C(C)C)C(C)CC(C)(N)C(=O)O. The molecule has 0 aliphatic carbocycles. The maximum Gasteiger partial charge on any atom is 0.323 e. The summed E-state index contributed by atoms with van der Waals surface area (Å²) in [6.45, 7) is 11.2. The summed E-state index contributed by atoms with van der Waals surface area (Å²) in [5, 5.41) is 9.08. The van der Waals surface area contributed by atoms with Gasteiger partial charge in [0.15, 0.2) is 0 Å². The van der Waals surface area contributed by atoms with E-state index in [0.29, 0.717) is 12.5 Å². The minimum absolute atomic E-state index is 0.188. The van der Waals surface area contributed by atoms with Gasteiger partial charge in [0.05, 0.1) is 0 Å². The molecule has 0 radical (unpaired) electrons. The zero-order chi connectivity index (χ0) is 14.3. The lowest BCUT2D eigenvalue weighted by molar-refractivity contribution is -0.143. The third-order valence-corrected chi connectivity index (χ3v) is 3.46. The van der Waals surface area contributed by atoms with Crippen LogP contribution < -0.4 is 5.73 Å². The Morgan fingerprint density at radius 1 is 1.33 bits per heavy atom. The first-order valence-corrected chi connectivity index (χ1v) is 7.00. The van der Waals surface area contributed by atoms with Crippen molar-refractivity contribution < 1.29 is 9.90 Å². The van der Waals surface area contributed by atoms with Crippen LogP contribution in [0, 0.1) is 0 Å². The second-order valence-corrected chi connectivity index (χ2v) is 5.81. The van der Waals surface area contributed by atoms with E-state index in [1.807, 2.05) is 0 Å². The highest BCUT2D eigenvalue weighted by Crippen LogP contribution is 2.17. The predicted octanol–water partition coefficient (Wildman–Crippen LogP) is 2.47. The fraction of sp³-hybridized carbons (Fsp3) is 0.929. The van der Waals surface area contributed by atoms with Crippen LogP contribution in [0.15, 0.2) is 0 Å². The van der Waals surface area contributed by atoms with Crippen molar-refractivity contribution in [1.82, 2.24) is 4.90 Å². The molecule has 0 rings (SSSR count). The predicted molar refractivity (Wildman–Crippen MR) is 75.7 cm³/mol. The van der Waals surface area contributed by atoms with Gasteiger partial charge in [0, 0.05) is 12.1 Å². The Morgan fingerprint density at radius 3 is 2.28 bits per heavy atom. The lowest BCUT2D eigenvalue weighted by atomic mass is 9.93. The molecule has 108 valence electrons. The molecule has 2 atom stereocenters. The average Bonchev–Trinajstić information content (AvgIpc) is 2.22. The van der Waals surface area contributed by atoms with Gasteiger partial charge in [-0.2, -0.15) is 0 Å². The van der Waals surface area contributed by atoms with Crippen LogP contribution >= 0.6 is 0 Å². The van der Waals surface area contributed by atoms with Crippen LogP contribution in [0.25, 0.3) is 0 Å². The number of carboxylic acids is 1. The average molecular weight is 258 g/mol. The zero-order valence-electron chi connectivity index (χ0n) is 12.6. The van der Waals surface area contributed by atoms with Crippen LogP contribution in [-0.4, -0.2) is 40.1 Å². The summed E-state index contributed by atoms with van der Waals surface area (Å²) in [7, 11) is 0. The van der Waals surface area contributed by atoms with Gasteiger partial charge in [0.1, 0.15) is 5.54 Å². The van der Waals surface area contributed by atoms with Crippen LogP contribution in [0.4, 0.5) is 0 Å². The Hall–Kier alpha value is -0.610. The lowest BCUT2D eigenvalue weighted by Gasteiger charge is -2.36. The molecule has 0 aliphatic rings. The largest absolute Gasteiger partial charge is 0.480 e. The Labute approximate surface area is 112 Å². The van der Waals surface area contributed by atoms with E-state index in [9.17, 15) is 4.79 Å². The molecule has 4 nitrogen and oxygen atoms in total. The smallest absolute Gasteiger partial charge is 0.323 e. The monoisotopic (exact) mass is 258 g/mol. The summed E-state index contributed by atoms with van der Waals surface area (Å²) in [6, 6.07) is 0.606. The first-order valence-electron chi connectivity index (χ1n) is 7.00. The Bertz CT molecular complexity index is 252. The van der Waals surface area contributed by atoms with Gasteiger partial charge in [0.2, 0.25) is 0 Å². The summed E-state index contributed by atoms with van der Waals surface area (Å²) >= 11 is 0. The summed E-state index contributed by atoms with van der Waals surface area (Å²) in [5.74, 6) is -0.924. The van der Waals surface area contributed by atoms with Crippen LogP contribution in [0.2, 0.25) is 0 Å². The molecule has 0 aliphatic heterocycles. The summed E-state index contributed by atoms with van der Waals surface area (Å²) in [6.07, 6.45) is 4.05. The molecule has 0 bridgehead atoms. The van der Waals surface area contributed by atoms with E-state index in [1.165, 1.54) is 12.8 Å². The molecule has 0 aromatic carbocycles.